The van der Waals surface area contributed by atoms with Crippen LogP contribution in [0.2, 0.25) is 0 Å². The Morgan fingerprint density at radius 1 is 1.50 bits per heavy atom. The van der Waals surface area contributed by atoms with Crippen molar-refractivity contribution in [3.8, 4) is 0 Å². The molecule has 0 radical (unpaired) electrons. The minimum absolute atomic E-state index is 0.207. The van der Waals surface area contributed by atoms with E-state index in [0.717, 1.165) is 12.1 Å². The molecule has 2 N–H and O–H groups in total. The minimum atomic E-state index is -0.207. The summed E-state index contributed by atoms with van der Waals surface area (Å²) in [6, 6.07) is 5.27. The number of aryl methyl sites for hydroxylation is 1. The van der Waals surface area contributed by atoms with E-state index in [2.05, 4.69) is 6.92 Å². The van der Waals surface area contributed by atoms with Gasteiger partial charge in [0.2, 0.25) is 0 Å². The van der Waals surface area contributed by atoms with Crippen LogP contribution in [0.5, 0.6) is 0 Å². The van der Waals surface area contributed by atoms with E-state index < -0.39 is 0 Å². The molecule has 1 rings (SSSR count). The molecule has 14 heavy (non-hydrogen) atoms. The quantitative estimate of drug-likeness (QED) is 0.594. The number of rotatable bonds is 3. The van der Waals surface area contributed by atoms with E-state index in [4.69, 9.17) is 5.84 Å². The molecule has 0 aliphatic heterocycles. The molecule has 78 valence electrons. The first-order valence-electron chi connectivity index (χ1n) is 4.86. The Morgan fingerprint density at radius 3 is 2.64 bits per heavy atom. The first-order valence-corrected chi connectivity index (χ1v) is 4.86. The molecule has 1 unspecified atom stereocenters. The molecule has 0 aromatic heterocycles. The van der Waals surface area contributed by atoms with Crippen LogP contribution in [0, 0.1) is 12.7 Å². The lowest BCUT2D eigenvalue weighted by atomic mass is 10.2. The van der Waals surface area contributed by atoms with E-state index in [1.54, 1.807) is 18.0 Å². The van der Waals surface area contributed by atoms with Gasteiger partial charge in [-0.3, -0.25) is 0 Å². The number of benzene rings is 1. The summed E-state index contributed by atoms with van der Waals surface area (Å²) in [6.45, 7) is 5.80. The highest BCUT2D eigenvalue weighted by Crippen LogP contribution is 2.18. The Kier molecular flexibility index (Phi) is 3.47. The van der Waals surface area contributed by atoms with Crippen molar-refractivity contribution in [2.24, 2.45) is 5.84 Å². The van der Waals surface area contributed by atoms with Crippen molar-refractivity contribution in [3.05, 3.63) is 29.6 Å². The van der Waals surface area contributed by atoms with Gasteiger partial charge in [0.15, 0.2) is 0 Å². The maximum atomic E-state index is 13.2. The number of hydrogen-bond donors (Lipinski definition) is 1. The lowest BCUT2D eigenvalue weighted by Gasteiger charge is -2.25. The third-order valence-corrected chi connectivity index (χ3v) is 2.52. The SMILES string of the molecule is CCC(C)N(N)c1ccc(C)c(F)c1. The Hall–Kier alpha value is -1.09. The molecule has 1 aromatic rings. The monoisotopic (exact) mass is 196 g/mol. The van der Waals surface area contributed by atoms with Crippen LogP contribution in [0.3, 0.4) is 0 Å². The Balaban J connectivity index is 2.91. The zero-order chi connectivity index (χ0) is 10.7. The standard InChI is InChI=1S/C11H17FN2/c1-4-9(3)14(13)10-6-5-8(2)11(12)7-10/h5-7,9H,4,13H2,1-3H3. The largest absolute Gasteiger partial charge is 0.308 e. The summed E-state index contributed by atoms with van der Waals surface area (Å²) in [5.41, 5.74) is 1.37. The van der Waals surface area contributed by atoms with E-state index in [1.807, 2.05) is 13.0 Å². The molecule has 3 heteroatoms. The van der Waals surface area contributed by atoms with Crippen LogP contribution >= 0.6 is 0 Å². The molecule has 0 spiro atoms. The normalized spacial score (nSPS) is 12.6. The van der Waals surface area contributed by atoms with Crippen molar-refractivity contribution in [2.45, 2.75) is 33.2 Å². The summed E-state index contributed by atoms with van der Waals surface area (Å²) < 4.78 is 13.2. The summed E-state index contributed by atoms with van der Waals surface area (Å²) in [6.07, 6.45) is 0.937. The zero-order valence-electron chi connectivity index (χ0n) is 8.92. The average molecular weight is 196 g/mol. The highest BCUT2D eigenvalue weighted by atomic mass is 19.1. The fourth-order valence-electron chi connectivity index (χ4n) is 1.19. The van der Waals surface area contributed by atoms with Gasteiger partial charge in [0.25, 0.3) is 0 Å². The van der Waals surface area contributed by atoms with Gasteiger partial charge in [-0.15, -0.1) is 0 Å². The first kappa shape index (κ1) is 11.0. The zero-order valence-corrected chi connectivity index (χ0v) is 8.92. The average Bonchev–Trinajstić information content (AvgIpc) is 2.20. The van der Waals surface area contributed by atoms with Crippen LogP contribution in [-0.4, -0.2) is 6.04 Å². The van der Waals surface area contributed by atoms with Crippen molar-refractivity contribution in [1.29, 1.82) is 0 Å². The third kappa shape index (κ3) is 2.23. The molecular formula is C11H17FN2. The van der Waals surface area contributed by atoms with Crippen molar-refractivity contribution in [2.75, 3.05) is 5.01 Å². The van der Waals surface area contributed by atoms with Crippen LogP contribution < -0.4 is 10.9 Å². The van der Waals surface area contributed by atoms with Gasteiger partial charge in [-0.1, -0.05) is 13.0 Å². The van der Waals surface area contributed by atoms with E-state index in [9.17, 15) is 4.39 Å². The van der Waals surface area contributed by atoms with E-state index in [-0.39, 0.29) is 11.9 Å². The van der Waals surface area contributed by atoms with Crippen LogP contribution in [0.15, 0.2) is 18.2 Å². The molecule has 0 saturated heterocycles. The number of nitrogens with two attached hydrogens (primary N) is 1. The van der Waals surface area contributed by atoms with Gasteiger partial charge in [0.05, 0.1) is 5.69 Å². The minimum Gasteiger partial charge on any atom is -0.308 e. The molecular weight excluding hydrogens is 179 g/mol. The van der Waals surface area contributed by atoms with Crippen LogP contribution in [-0.2, 0) is 0 Å². The van der Waals surface area contributed by atoms with E-state index in [0.29, 0.717) is 5.56 Å². The summed E-state index contributed by atoms with van der Waals surface area (Å²) in [5.74, 6) is 5.63. The maximum Gasteiger partial charge on any atom is 0.128 e. The summed E-state index contributed by atoms with van der Waals surface area (Å²) in [4.78, 5) is 0. The second kappa shape index (κ2) is 4.42. The predicted octanol–water partition coefficient (Wildman–Crippen LogP) is 2.61. The van der Waals surface area contributed by atoms with Gasteiger partial charge in [-0.25, -0.2) is 10.2 Å². The predicted molar refractivity (Wildman–Crippen MR) is 57.6 cm³/mol. The van der Waals surface area contributed by atoms with Crippen molar-refractivity contribution < 1.29 is 4.39 Å². The molecule has 0 amide bonds. The number of anilines is 1. The van der Waals surface area contributed by atoms with E-state index >= 15 is 0 Å². The number of halogens is 1. The summed E-state index contributed by atoms with van der Waals surface area (Å²) in [5, 5.41) is 1.60. The van der Waals surface area contributed by atoms with Gasteiger partial charge < -0.3 is 5.01 Å². The second-order valence-electron chi connectivity index (χ2n) is 3.60. The van der Waals surface area contributed by atoms with Gasteiger partial charge in [-0.05, 0) is 38.0 Å². The Morgan fingerprint density at radius 2 is 2.14 bits per heavy atom. The van der Waals surface area contributed by atoms with Crippen LogP contribution in [0.1, 0.15) is 25.8 Å². The van der Waals surface area contributed by atoms with Gasteiger partial charge in [-0.2, -0.15) is 0 Å². The number of hydrazine groups is 1. The molecule has 0 heterocycles. The molecule has 2 nitrogen and oxygen atoms in total. The van der Waals surface area contributed by atoms with E-state index in [1.165, 1.54) is 6.07 Å². The molecule has 1 aromatic carbocycles. The Bertz CT molecular complexity index is 312. The van der Waals surface area contributed by atoms with Crippen LogP contribution in [0.25, 0.3) is 0 Å². The molecule has 0 aliphatic carbocycles. The smallest absolute Gasteiger partial charge is 0.128 e. The van der Waals surface area contributed by atoms with Crippen molar-refractivity contribution >= 4 is 5.69 Å². The highest BCUT2D eigenvalue weighted by molar-refractivity contribution is 5.47. The summed E-state index contributed by atoms with van der Waals surface area (Å²) in [7, 11) is 0. The molecule has 0 aliphatic rings. The third-order valence-electron chi connectivity index (χ3n) is 2.52. The fraction of sp³-hybridized carbons (Fsp3) is 0.455. The lowest BCUT2D eigenvalue weighted by Crippen LogP contribution is -2.39. The van der Waals surface area contributed by atoms with Crippen molar-refractivity contribution in [1.82, 2.24) is 0 Å². The topological polar surface area (TPSA) is 29.3 Å². The van der Waals surface area contributed by atoms with Gasteiger partial charge in [0, 0.05) is 6.04 Å². The molecule has 0 saturated carbocycles. The fourth-order valence-corrected chi connectivity index (χ4v) is 1.19. The lowest BCUT2D eigenvalue weighted by molar-refractivity contribution is 0.607. The second-order valence-corrected chi connectivity index (χ2v) is 3.60. The first-order chi connectivity index (χ1) is 6.56. The highest BCUT2D eigenvalue weighted by Gasteiger charge is 2.09. The van der Waals surface area contributed by atoms with Gasteiger partial charge >= 0.3 is 0 Å². The number of hydrogen-bond acceptors (Lipinski definition) is 2. The summed E-state index contributed by atoms with van der Waals surface area (Å²) >= 11 is 0. The van der Waals surface area contributed by atoms with Crippen molar-refractivity contribution in [3.63, 3.8) is 0 Å². The molecule has 1 atom stereocenters. The van der Waals surface area contributed by atoms with Crippen LogP contribution in [0.4, 0.5) is 10.1 Å². The van der Waals surface area contributed by atoms with Gasteiger partial charge in [0.1, 0.15) is 5.82 Å². The number of nitrogens with zero attached hydrogens (tertiary/aromatic N) is 1. The Labute approximate surface area is 84.5 Å². The maximum absolute atomic E-state index is 13.2. The molecule has 0 bridgehead atoms. The molecule has 0 fully saturated rings.